The zero-order valence-corrected chi connectivity index (χ0v) is 12.2. The first kappa shape index (κ1) is 14.4. The molecule has 1 saturated carbocycles. The van der Waals surface area contributed by atoms with Crippen LogP contribution in [0.4, 0.5) is 0 Å². The third kappa shape index (κ3) is 3.53. The summed E-state index contributed by atoms with van der Waals surface area (Å²) in [4.78, 5) is 12.6. The molecule has 20 heavy (non-hydrogen) atoms. The molecule has 2 aromatic heterocycles. The topological polar surface area (TPSA) is 73.9 Å². The highest BCUT2D eigenvalue weighted by Crippen LogP contribution is 2.39. The maximum Gasteiger partial charge on any atom is 0.317 e. The molecular weight excluding hydrogens is 256 g/mol. The molecule has 2 heterocycles. The van der Waals surface area contributed by atoms with Crippen LogP contribution in [0.2, 0.25) is 0 Å². The van der Waals surface area contributed by atoms with Crippen molar-refractivity contribution in [3.05, 3.63) is 18.2 Å². The Bertz CT molecular complexity index is 537. The van der Waals surface area contributed by atoms with E-state index in [4.69, 9.17) is 9.26 Å². The van der Waals surface area contributed by atoms with E-state index in [-0.39, 0.29) is 0 Å². The van der Waals surface area contributed by atoms with Gasteiger partial charge in [0, 0.05) is 12.1 Å². The maximum absolute atomic E-state index is 5.38. The second kappa shape index (κ2) is 6.98. The van der Waals surface area contributed by atoms with Crippen molar-refractivity contribution in [1.29, 1.82) is 0 Å². The summed E-state index contributed by atoms with van der Waals surface area (Å²) in [6, 6.07) is 2.10. The Hall–Kier alpha value is -1.98. The molecule has 0 amide bonds. The fourth-order valence-corrected chi connectivity index (χ4v) is 1.56. The van der Waals surface area contributed by atoms with E-state index in [0.717, 1.165) is 19.3 Å². The molecule has 2 aromatic rings. The van der Waals surface area contributed by atoms with Gasteiger partial charge in [-0.1, -0.05) is 25.9 Å². The van der Waals surface area contributed by atoms with Crippen LogP contribution in [0.1, 0.15) is 51.8 Å². The number of nitrogens with zero attached hydrogens (tertiary/aromatic N) is 4. The molecule has 1 fully saturated rings. The van der Waals surface area contributed by atoms with Gasteiger partial charge in [0.05, 0.1) is 6.61 Å². The van der Waals surface area contributed by atoms with E-state index >= 15 is 0 Å². The van der Waals surface area contributed by atoms with Crippen molar-refractivity contribution >= 4 is 0 Å². The molecule has 0 saturated heterocycles. The van der Waals surface area contributed by atoms with Crippen LogP contribution < -0.4 is 4.74 Å². The number of ether oxygens (including phenoxy) is 1. The normalized spacial score (nSPS) is 13.6. The molecule has 1 aliphatic carbocycles. The van der Waals surface area contributed by atoms with Gasteiger partial charge in [-0.05, 0) is 25.3 Å². The molecule has 0 bridgehead atoms. The highest BCUT2D eigenvalue weighted by Gasteiger charge is 2.30. The van der Waals surface area contributed by atoms with Gasteiger partial charge in [-0.25, -0.2) is 4.98 Å². The van der Waals surface area contributed by atoms with Crippen molar-refractivity contribution in [2.24, 2.45) is 0 Å². The molecule has 0 atom stereocenters. The predicted molar refractivity (Wildman–Crippen MR) is 74.4 cm³/mol. The average Bonchev–Trinajstić information content (AvgIpc) is 3.25. The Balaban J connectivity index is 0.000000704. The Morgan fingerprint density at radius 1 is 1.30 bits per heavy atom. The third-order valence-electron chi connectivity index (χ3n) is 2.67. The molecule has 6 nitrogen and oxygen atoms in total. The fourth-order valence-electron chi connectivity index (χ4n) is 1.56. The zero-order valence-electron chi connectivity index (χ0n) is 12.2. The van der Waals surface area contributed by atoms with Crippen molar-refractivity contribution in [1.82, 2.24) is 20.1 Å². The van der Waals surface area contributed by atoms with Crippen molar-refractivity contribution in [3.8, 4) is 17.5 Å². The average molecular weight is 276 g/mol. The summed E-state index contributed by atoms with van der Waals surface area (Å²) < 4.78 is 10.6. The van der Waals surface area contributed by atoms with Gasteiger partial charge in [0.1, 0.15) is 5.69 Å². The second-order valence-electron chi connectivity index (χ2n) is 4.30. The van der Waals surface area contributed by atoms with Crippen LogP contribution in [0.15, 0.2) is 16.8 Å². The van der Waals surface area contributed by atoms with E-state index in [9.17, 15) is 0 Å². The van der Waals surface area contributed by atoms with E-state index in [1.807, 2.05) is 20.8 Å². The summed E-state index contributed by atoms with van der Waals surface area (Å²) in [5.41, 5.74) is 0.631. The molecule has 108 valence electrons. The van der Waals surface area contributed by atoms with E-state index < -0.39 is 0 Å². The van der Waals surface area contributed by atoms with Gasteiger partial charge in [0.15, 0.2) is 0 Å². The second-order valence-corrected chi connectivity index (χ2v) is 4.30. The monoisotopic (exact) mass is 276 g/mol. The number of hydrogen-bond donors (Lipinski definition) is 0. The molecule has 0 aliphatic heterocycles. The van der Waals surface area contributed by atoms with Crippen LogP contribution in [0.25, 0.3) is 11.5 Å². The molecule has 6 heteroatoms. The lowest BCUT2D eigenvalue weighted by Gasteiger charge is -2.01. The summed E-state index contributed by atoms with van der Waals surface area (Å²) in [6.45, 7) is 6.63. The van der Waals surface area contributed by atoms with E-state index in [1.165, 1.54) is 0 Å². The Labute approximate surface area is 118 Å². The lowest BCUT2D eigenvalue weighted by molar-refractivity contribution is 0.292. The minimum absolute atomic E-state index is 0.354. The van der Waals surface area contributed by atoms with Crippen LogP contribution in [-0.4, -0.2) is 26.7 Å². The van der Waals surface area contributed by atoms with Gasteiger partial charge in [-0.15, -0.1) is 0 Å². The van der Waals surface area contributed by atoms with Crippen LogP contribution in [0.3, 0.4) is 0 Å². The standard InChI is InChI=1S/C12H14N4O2.C2H6/c1-2-7-17-12-13-6-5-9(14-12)10-15-11(18-16-10)8-3-4-8;1-2/h5-6,8H,2-4,7H2,1H3;1-2H3. The first-order valence-corrected chi connectivity index (χ1v) is 7.16. The summed E-state index contributed by atoms with van der Waals surface area (Å²) in [6.07, 6.45) is 4.83. The Morgan fingerprint density at radius 2 is 2.10 bits per heavy atom. The minimum Gasteiger partial charge on any atom is -0.463 e. The minimum atomic E-state index is 0.354. The van der Waals surface area contributed by atoms with Gasteiger partial charge in [0.25, 0.3) is 0 Å². The molecule has 0 radical (unpaired) electrons. The smallest absolute Gasteiger partial charge is 0.317 e. The summed E-state index contributed by atoms with van der Waals surface area (Å²) in [5.74, 6) is 1.66. The lowest BCUT2D eigenvalue weighted by Crippen LogP contribution is -2.00. The third-order valence-corrected chi connectivity index (χ3v) is 2.67. The van der Waals surface area contributed by atoms with Gasteiger partial charge in [0.2, 0.25) is 11.7 Å². The lowest BCUT2D eigenvalue weighted by atomic mass is 10.4. The van der Waals surface area contributed by atoms with Crippen molar-refractivity contribution in [3.63, 3.8) is 0 Å². The zero-order chi connectivity index (χ0) is 14.4. The number of hydrogen-bond acceptors (Lipinski definition) is 6. The van der Waals surface area contributed by atoms with E-state index in [1.54, 1.807) is 12.3 Å². The quantitative estimate of drug-likeness (QED) is 0.834. The van der Waals surface area contributed by atoms with Crippen LogP contribution in [-0.2, 0) is 0 Å². The van der Waals surface area contributed by atoms with Crippen LogP contribution >= 0.6 is 0 Å². The first-order chi connectivity index (χ1) is 9.86. The Morgan fingerprint density at radius 3 is 2.80 bits per heavy atom. The van der Waals surface area contributed by atoms with Crippen molar-refractivity contribution in [2.75, 3.05) is 6.61 Å². The highest BCUT2D eigenvalue weighted by atomic mass is 16.5. The molecular formula is C14H20N4O2. The van der Waals surface area contributed by atoms with Crippen molar-refractivity contribution < 1.29 is 9.26 Å². The summed E-state index contributed by atoms with van der Waals surface area (Å²) >= 11 is 0. The highest BCUT2D eigenvalue weighted by molar-refractivity contribution is 5.47. The molecule has 0 N–H and O–H groups in total. The van der Waals surface area contributed by atoms with Gasteiger partial charge in [-0.3, -0.25) is 0 Å². The predicted octanol–water partition coefficient (Wildman–Crippen LogP) is 3.22. The first-order valence-electron chi connectivity index (χ1n) is 7.16. The fraction of sp³-hybridized carbons (Fsp3) is 0.571. The Kier molecular flexibility index (Phi) is 5.03. The molecule has 1 aliphatic rings. The molecule has 3 rings (SSSR count). The van der Waals surface area contributed by atoms with Crippen molar-refractivity contribution in [2.45, 2.75) is 46.0 Å². The molecule has 0 spiro atoms. The summed E-state index contributed by atoms with van der Waals surface area (Å²) in [7, 11) is 0. The van der Waals surface area contributed by atoms with E-state index in [2.05, 4.69) is 20.1 Å². The molecule has 0 unspecified atom stereocenters. The van der Waals surface area contributed by atoms with Gasteiger partial charge in [-0.2, -0.15) is 9.97 Å². The summed E-state index contributed by atoms with van der Waals surface area (Å²) in [5, 5.41) is 3.94. The number of rotatable bonds is 5. The molecule has 0 aromatic carbocycles. The van der Waals surface area contributed by atoms with Gasteiger partial charge < -0.3 is 9.26 Å². The van der Waals surface area contributed by atoms with Crippen LogP contribution in [0, 0.1) is 0 Å². The van der Waals surface area contributed by atoms with Gasteiger partial charge >= 0.3 is 6.01 Å². The number of aromatic nitrogens is 4. The van der Waals surface area contributed by atoms with E-state index in [0.29, 0.717) is 35.9 Å². The largest absolute Gasteiger partial charge is 0.463 e. The van der Waals surface area contributed by atoms with Crippen LogP contribution in [0.5, 0.6) is 6.01 Å². The maximum atomic E-state index is 5.38. The SMILES string of the molecule is CC.CCCOc1nccc(-c2noc(C3CC3)n2)n1.